The topological polar surface area (TPSA) is 40.8 Å². The van der Waals surface area contributed by atoms with Gasteiger partial charge in [-0.05, 0) is 39.4 Å². The molecule has 1 N–H and O–H groups in total. The molecule has 2 aromatic rings. The molecule has 0 saturated heterocycles. The molecule has 4 heteroatoms. The van der Waals surface area contributed by atoms with Gasteiger partial charge in [0.2, 0.25) is 0 Å². The second-order valence-electron chi connectivity index (χ2n) is 5.00. The maximum atomic E-state index is 9.27. The van der Waals surface area contributed by atoms with E-state index in [1.54, 1.807) is 0 Å². The Morgan fingerprint density at radius 3 is 2.89 bits per heavy atom. The summed E-state index contributed by atoms with van der Waals surface area (Å²) in [4.78, 5) is 6.78. The van der Waals surface area contributed by atoms with E-state index < -0.39 is 0 Å². The number of aliphatic hydroxyl groups excluding tert-OH is 1. The molecule has 1 unspecified atom stereocenters. The normalized spacial score (nSPS) is 13.4. The zero-order valence-corrected chi connectivity index (χ0v) is 11.3. The van der Waals surface area contributed by atoms with Crippen LogP contribution in [0.2, 0.25) is 0 Å². The Morgan fingerprint density at radius 2 is 2.22 bits per heavy atom. The van der Waals surface area contributed by atoms with E-state index in [-0.39, 0.29) is 6.10 Å². The number of aryl methyl sites for hydroxylation is 1. The van der Waals surface area contributed by atoms with Crippen LogP contribution in [0.25, 0.3) is 5.65 Å². The second kappa shape index (κ2) is 5.50. The van der Waals surface area contributed by atoms with Gasteiger partial charge in [-0.1, -0.05) is 6.07 Å². The van der Waals surface area contributed by atoms with Gasteiger partial charge in [-0.25, -0.2) is 4.98 Å². The predicted octanol–water partition coefficient (Wildman–Crippen LogP) is 1.85. The Morgan fingerprint density at radius 1 is 1.44 bits per heavy atom. The van der Waals surface area contributed by atoms with Crippen molar-refractivity contribution in [2.45, 2.75) is 32.9 Å². The third kappa shape index (κ3) is 3.09. The SMILES string of the molecule is Cc1cccc2nc(CN(C)CCC(C)O)cn12. The van der Waals surface area contributed by atoms with Crippen LogP contribution in [0, 0.1) is 6.92 Å². The molecule has 0 spiro atoms. The summed E-state index contributed by atoms with van der Waals surface area (Å²) in [6.45, 7) is 5.59. The molecular weight excluding hydrogens is 226 g/mol. The van der Waals surface area contributed by atoms with Crippen molar-refractivity contribution in [2.24, 2.45) is 0 Å². The number of hydrogen-bond acceptors (Lipinski definition) is 3. The fourth-order valence-electron chi connectivity index (χ4n) is 2.04. The highest BCUT2D eigenvalue weighted by Crippen LogP contribution is 2.10. The van der Waals surface area contributed by atoms with Crippen LogP contribution in [-0.2, 0) is 6.54 Å². The Hall–Kier alpha value is -1.39. The van der Waals surface area contributed by atoms with Gasteiger partial charge in [-0.15, -0.1) is 0 Å². The molecule has 0 saturated carbocycles. The van der Waals surface area contributed by atoms with Crippen molar-refractivity contribution in [3.63, 3.8) is 0 Å². The minimum absolute atomic E-state index is 0.240. The molecule has 2 heterocycles. The fraction of sp³-hybridized carbons (Fsp3) is 0.500. The number of nitrogens with zero attached hydrogens (tertiary/aromatic N) is 3. The lowest BCUT2D eigenvalue weighted by Gasteiger charge is -2.15. The lowest BCUT2D eigenvalue weighted by molar-refractivity contribution is 0.162. The standard InChI is InChI=1S/C14H21N3O/c1-11-5-4-6-14-15-13(10-17(11)14)9-16(3)8-7-12(2)18/h4-6,10,12,18H,7-9H2,1-3H3. The molecule has 0 amide bonds. The van der Waals surface area contributed by atoms with E-state index in [2.05, 4.69) is 40.5 Å². The molecular formula is C14H21N3O. The summed E-state index contributed by atoms with van der Waals surface area (Å²) >= 11 is 0. The molecule has 0 aromatic carbocycles. The molecule has 1 atom stereocenters. The van der Waals surface area contributed by atoms with E-state index >= 15 is 0 Å². The van der Waals surface area contributed by atoms with Crippen LogP contribution in [0.15, 0.2) is 24.4 Å². The van der Waals surface area contributed by atoms with Crippen molar-refractivity contribution in [3.8, 4) is 0 Å². The van der Waals surface area contributed by atoms with Gasteiger partial charge in [0.15, 0.2) is 0 Å². The first kappa shape index (κ1) is 13.1. The highest BCUT2D eigenvalue weighted by molar-refractivity contribution is 5.41. The summed E-state index contributed by atoms with van der Waals surface area (Å²) in [5.74, 6) is 0. The van der Waals surface area contributed by atoms with E-state index in [1.807, 2.05) is 19.1 Å². The van der Waals surface area contributed by atoms with Gasteiger partial charge < -0.3 is 14.4 Å². The Bertz CT molecular complexity index is 519. The number of rotatable bonds is 5. The van der Waals surface area contributed by atoms with E-state index in [4.69, 9.17) is 0 Å². The highest BCUT2D eigenvalue weighted by Gasteiger charge is 2.07. The summed E-state index contributed by atoms with van der Waals surface area (Å²) in [6.07, 6.45) is 2.64. The summed E-state index contributed by atoms with van der Waals surface area (Å²) in [5.41, 5.74) is 3.25. The first-order valence-electron chi connectivity index (χ1n) is 6.36. The van der Waals surface area contributed by atoms with E-state index in [0.717, 1.165) is 30.9 Å². The molecule has 0 aliphatic rings. The average Bonchev–Trinajstić information content (AvgIpc) is 2.70. The molecule has 0 radical (unpaired) electrons. The van der Waals surface area contributed by atoms with Gasteiger partial charge in [0.25, 0.3) is 0 Å². The predicted molar refractivity (Wildman–Crippen MR) is 72.6 cm³/mol. The molecule has 2 aromatic heterocycles. The first-order valence-corrected chi connectivity index (χ1v) is 6.36. The Balaban J connectivity index is 2.05. The van der Waals surface area contributed by atoms with Crippen molar-refractivity contribution >= 4 is 5.65 Å². The number of hydrogen-bond donors (Lipinski definition) is 1. The molecule has 18 heavy (non-hydrogen) atoms. The smallest absolute Gasteiger partial charge is 0.137 e. The van der Waals surface area contributed by atoms with Gasteiger partial charge in [0.05, 0.1) is 11.8 Å². The van der Waals surface area contributed by atoms with Gasteiger partial charge in [-0.3, -0.25) is 0 Å². The van der Waals surface area contributed by atoms with Crippen molar-refractivity contribution in [1.29, 1.82) is 0 Å². The number of fused-ring (bicyclic) bond motifs is 1. The van der Waals surface area contributed by atoms with Gasteiger partial charge in [-0.2, -0.15) is 0 Å². The van der Waals surface area contributed by atoms with E-state index in [0.29, 0.717) is 0 Å². The van der Waals surface area contributed by atoms with Gasteiger partial charge >= 0.3 is 0 Å². The van der Waals surface area contributed by atoms with Crippen molar-refractivity contribution < 1.29 is 5.11 Å². The first-order chi connectivity index (χ1) is 8.56. The lowest BCUT2D eigenvalue weighted by atomic mass is 10.2. The van der Waals surface area contributed by atoms with Crippen LogP contribution in [0.5, 0.6) is 0 Å². The summed E-state index contributed by atoms with van der Waals surface area (Å²) in [6, 6.07) is 6.13. The minimum atomic E-state index is -0.240. The number of aromatic nitrogens is 2. The Kier molecular flexibility index (Phi) is 3.99. The number of pyridine rings is 1. The second-order valence-corrected chi connectivity index (χ2v) is 5.00. The van der Waals surface area contributed by atoms with Crippen LogP contribution in [0.1, 0.15) is 24.7 Å². The van der Waals surface area contributed by atoms with Crippen molar-refractivity contribution in [2.75, 3.05) is 13.6 Å². The molecule has 0 fully saturated rings. The molecule has 0 bridgehead atoms. The number of imidazole rings is 1. The third-order valence-electron chi connectivity index (χ3n) is 3.11. The summed E-state index contributed by atoms with van der Waals surface area (Å²) < 4.78 is 2.11. The largest absolute Gasteiger partial charge is 0.393 e. The summed E-state index contributed by atoms with van der Waals surface area (Å²) in [5, 5.41) is 9.27. The van der Waals surface area contributed by atoms with Crippen molar-refractivity contribution in [1.82, 2.24) is 14.3 Å². The Labute approximate surface area is 108 Å². The molecule has 0 aliphatic carbocycles. The minimum Gasteiger partial charge on any atom is -0.393 e. The average molecular weight is 247 g/mol. The van der Waals surface area contributed by atoms with Crippen molar-refractivity contribution in [3.05, 3.63) is 35.8 Å². The van der Waals surface area contributed by atoms with E-state index in [9.17, 15) is 5.11 Å². The van der Waals surface area contributed by atoms with E-state index in [1.165, 1.54) is 5.69 Å². The number of aliphatic hydroxyl groups is 1. The van der Waals surface area contributed by atoms with Gasteiger partial charge in [0, 0.05) is 25.0 Å². The molecule has 2 rings (SSSR count). The maximum absolute atomic E-state index is 9.27. The van der Waals surface area contributed by atoms with Crippen LogP contribution in [0.4, 0.5) is 0 Å². The maximum Gasteiger partial charge on any atom is 0.137 e. The monoisotopic (exact) mass is 247 g/mol. The van der Waals surface area contributed by atoms with Crippen LogP contribution in [0.3, 0.4) is 0 Å². The third-order valence-corrected chi connectivity index (χ3v) is 3.11. The van der Waals surface area contributed by atoms with Crippen LogP contribution in [-0.4, -0.2) is 39.1 Å². The highest BCUT2D eigenvalue weighted by atomic mass is 16.3. The van der Waals surface area contributed by atoms with Crippen LogP contribution < -0.4 is 0 Å². The molecule has 98 valence electrons. The fourth-order valence-corrected chi connectivity index (χ4v) is 2.04. The van der Waals surface area contributed by atoms with Gasteiger partial charge in [0.1, 0.15) is 5.65 Å². The van der Waals surface area contributed by atoms with Crippen LogP contribution >= 0.6 is 0 Å². The summed E-state index contributed by atoms with van der Waals surface area (Å²) in [7, 11) is 2.05. The lowest BCUT2D eigenvalue weighted by Crippen LogP contribution is -2.22. The molecule has 4 nitrogen and oxygen atoms in total. The molecule has 0 aliphatic heterocycles. The quantitative estimate of drug-likeness (QED) is 0.876. The zero-order valence-electron chi connectivity index (χ0n) is 11.3. The zero-order chi connectivity index (χ0) is 13.1.